The Hall–Kier alpha value is -1.93. The van der Waals surface area contributed by atoms with Crippen LogP contribution in [0.2, 0.25) is 0 Å². The van der Waals surface area contributed by atoms with Gasteiger partial charge in [-0.2, -0.15) is 0 Å². The zero-order chi connectivity index (χ0) is 21.6. The molecule has 1 fully saturated rings. The Morgan fingerprint density at radius 3 is 2.46 bits per heavy atom. The highest BCUT2D eigenvalue weighted by atomic mass is 19.3. The number of carbonyl (C=O) groups excluding carboxylic acids is 2. The third-order valence-electron chi connectivity index (χ3n) is 4.22. The minimum atomic E-state index is -3.68. The first-order valence-electron chi connectivity index (χ1n) is 8.44. The Morgan fingerprint density at radius 2 is 1.93 bits per heavy atom. The number of nitrogens with two attached hydrogens (primary N) is 1. The van der Waals surface area contributed by atoms with Gasteiger partial charge in [-0.1, -0.05) is 0 Å². The molecule has 1 aliphatic heterocycles. The lowest BCUT2D eigenvalue weighted by atomic mass is 9.92. The van der Waals surface area contributed by atoms with E-state index in [-0.39, 0.29) is 0 Å². The Morgan fingerprint density at radius 1 is 1.32 bits per heavy atom. The van der Waals surface area contributed by atoms with E-state index in [2.05, 4.69) is 5.32 Å². The van der Waals surface area contributed by atoms with Gasteiger partial charge in [0.2, 0.25) is 11.8 Å². The monoisotopic (exact) mass is 413 g/mol. The molecule has 0 aromatic heterocycles. The number of carbonyl (C=O) groups is 3. The molecule has 2 amide bonds. The molecule has 8 N–H and O–H groups in total. The number of halogens is 2. The fourth-order valence-electron chi connectivity index (χ4n) is 2.55. The van der Waals surface area contributed by atoms with Crippen LogP contribution in [-0.4, -0.2) is 93.8 Å². The number of aliphatic hydroxyl groups is 3. The van der Waals surface area contributed by atoms with E-state index in [1.54, 1.807) is 0 Å². The first-order chi connectivity index (χ1) is 12.9. The van der Waals surface area contributed by atoms with Gasteiger partial charge in [-0.3, -0.25) is 14.4 Å². The van der Waals surface area contributed by atoms with Crippen molar-refractivity contribution in [3.63, 3.8) is 0 Å². The van der Waals surface area contributed by atoms with Crippen LogP contribution < -0.4 is 16.4 Å². The predicted molar refractivity (Wildman–Crippen MR) is 88.2 cm³/mol. The Kier molecular flexibility index (Phi) is 8.63. The van der Waals surface area contributed by atoms with Crippen molar-refractivity contribution in [1.82, 2.24) is 10.6 Å². The van der Waals surface area contributed by atoms with Gasteiger partial charge >= 0.3 is 5.97 Å². The van der Waals surface area contributed by atoms with Crippen molar-refractivity contribution in [2.45, 2.75) is 62.2 Å². The largest absolute Gasteiger partial charge is 0.480 e. The second kappa shape index (κ2) is 10.0. The molecule has 1 rings (SSSR count). The summed E-state index contributed by atoms with van der Waals surface area (Å²) < 4.78 is 33.7. The van der Waals surface area contributed by atoms with Crippen LogP contribution in [0, 0.1) is 0 Å². The Balaban J connectivity index is 2.57. The molecule has 28 heavy (non-hydrogen) atoms. The second-order valence-electron chi connectivity index (χ2n) is 6.56. The van der Waals surface area contributed by atoms with Gasteiger partial charge in [0.1, 0.15) is 24.4 Å². The molecule has 0 aromatic rings. The van der Waals surface area contributed by atoms with E-state index in [1.807, 2.05) is 5.32 Å². The maximum absolute atomic E-state index is 14.4. The van der Waals surface area contributed by atoms with Crippen LogP contribution in [0.3, 0.4) is 0 Å². The number of carboxylic acids is 1. The van der Waals surface area contributed by atoms with E-state index < -0.39 is 86.2 Å². The quantitative estimate of drug-likeness (QED) is 0.205. The SMILES string of the molecule is CC(NC(=O)CNC(=O)C(N)CC(F)(F)C1CC(O)C(O)C(CO)O1)C(=O)O. The molecule has 0 radical (unpaired) electrons. The van der Waals surface area contributed by atoms with Gasteiger partial charge in [0.05, 0.1) is 25.3 Å². The molecular formula is C15H25F2N3O8. The summed E-state index contributed by atoms with van der Waals surface area (Å²) >= 11 is 0. The Labute approximate surface area is 158 Å². The van der Waals surface area contributed by atoms with E-state index in [9.17, 15) is 33.4 Å². The number of hydrogen-bond acceptors (Lipinski definition) is 8. The average Bonchev–Trinajstić information content (AvgIpc) is 2.60. The molecule has 162 valence electrons. The average molecular weight is 413 g/mol. The zero-order valence-electron chi connectivity index (χ0n) is 15.0. The van der Waals surface area contributed by atoms with Gasteiger partial charge in [0.25, 0.3) is 5.92 Å². The van der Waals surface area contributed by atoms with Crippen LogP contribution in [0.5, 0.6) is 0 Å². The van der Waals surface area contributed by atoms with Crippen molar-refractivity contribution in [2.24, 2.45) is 5.73 Å². The highest BCUT2D eigenvalue weighted by Crippen LogP contribution is 2.34. The van der Waals surface area contributed by atoms with Gasteiger partial charge in [-0.15, -0.1) is 0 Å². The number of aliphatic carboxylic acids is 1. The topological polar surface area (TPSA) is 191 Å². The Bertz CT molecular complexity index is 579. The highest BCUT2D eigenvalue weighted by Gasteiger charge is 2.49. The lowest BCUT2D eigenvalue weighted by Gasteiger charge is -2.40. The van der Waals surface area contributed by atoms with Crippen molar-refractivity contribution in [3.05, 3.63) is 0 Å². The molecule has 6 atom stereocenters. The summed E-state index contributed by atoms with van der Waals surface area (Å²) in [4.78, 5) is 33.9. The number of rotatable bonds is 9. The zero-order valence-corrected chi connectivity index (χ0v) is 15.0. The smallest absolute Gasteiger partial charge is 0.325 e. The minimum Gasteiger partial charge on any atom is -0.480 e. The molecule has 0 aromatic carbocycles. The van der Waals surface area contributed by atoms with Crippen LogP contribution in [0.4, 0.5) is 8.78 Å². The minimum absolute atomic E-state index is 0.630. The number of alkyl halides is 2. The molecule has 1 heterocycles. The van der Waals surface area contributed by atoms with Crippen LogP contribution in [0.25, 0.3) is 0 Å². The van der Waals surface area contributed by atoms with Gasteiger partial charge < -0.3 is 41.5 Å². The van der Waals surface area contributed by atoms with Gasteiger partial charge in [0.15, 0.2) is 0 Å². The number of carboxylic acid groups (broad SMARTS) is 1. The summed E-state index contributed by atoms with van der Waals surface area (Å²) in [6.07, 6.45) is -8.19. The summed E-state index contributed by atoms with van der Waals surface area (Å²) in [5.41, 5.74) is 5.44. The van der Waals surface area contributed by atoms with Crippen LogP contribution in [0.1, 0.15) is 19.8 Å². The second-order valence-corrected chi connectivity index (χ2v) is 6.56. The lowest BCUT2D eigenvalue weighted by Crippen LogP contribution is -2.56. The highest BCUT2D eigenvalue weighted by molar-refractivity contribution is 5.89. The number of aliphatic hydroxyl groups excluding tert-OH is 3. The molecule has 11 nitrogen and oxygen atoms in total. The van der Waals surface area contributed by atoms with Gasteiger partial charge in [-0.25, -0.2) is 8.78 Å². The molecule has 0 saturated carbocycles. The molecule has 13 heteroatoms. The van der Waals surface area contributed by atoms with Crippen molar-refractivity contribution >= 4 is 17.8 Å². The van der Waals surface area contributed by atoms with Gasteiger partial charge in [-0.05, 0) is 6.92 Å². The van der Waals surface area contributed by atoms with Crippen molar-refractivity contribution < 1.29 is 48.3 Å². The normalized spacial score (nSPS) is 27.5. The molecule has 0 aliphatic carbocycles. The summed E-state index contributed by atoms with van der Waals surface area (Å²) in [5.74, 6) is -6.89. The van der Waals surface area contributed by atoms with E-state index in [1.165, 1.54) is 6.92 Å². The first kappa shape index (κ1) is 24.1. The van der Waals surface area contributed by atoms with Gasteiger partial charge in [0, 0.05) is 12.8 Å². The molecule has 0 spiro atoms. The first-order valence-corrected chi connectivity index (χ1v) is 8.44. The van der Waals surface area contributed by atoms with E-state index in [0.717, 1.165) is 0 Å². The van der Waals surface area contributed by atoms with Crippen molar-refractivity contribution in [3.8, 4) is 0 Å². The van der Waals surface area contributed by atoms with Crippen LogP contribution in [-0.2, 0) is 19.1 Å². The molecule has 1 saturated heterocycles. The van der Waals surface area contributed by atoms with Crippen LogP contribution >= 0.6 is 0 Å². The maximum Gasteiger partial charge on any atom is 0.325 e. The molecule has 0 bridgehead atoms. The molecular weight excluding hydrogens is 388 g/mol. The predicted octanol–water partition coefficient (Wildman–Crippen LogP) is -3.08. The van der Waals surface area contributed by atoms with Crippen LogP contribution in [0.15, 0.2) is 0 Å². The van der Waals surface area contributed by atoms with E-state index in [0.29, 0.717) is 0 Å². The lowest BCUT2D eigenvalue weighted by molar-refractivity contribution is -0.240. The molecule has 6 unspecified atom stereocenters. The van der Waals surface area contributed by atoms with E-state index >= 15 is 0 Å². The number of amides is 2. The third kappa shape index (κ3) is 6.60. The summed E-state index contributed by atoms with van der Waals surface area (Å²) in [5, 5.41) is 41.0. The third-order valence-corrected chi connectivity index (χ3v) is 4.22. The van der Waals surface area contributed by atoms with Crippen molar-refractivity contribution in [2.75, 3.05) is 13.2 Å². The summed E-state index contributed by atoms with van der Waals surface area (Å²) in [6, 6.07) is -2.94. The number of hydrogen-bond donors (Lipinski definition) is 7. The summed E-state index contributed by atoms with van der Waals surface area (Å²) in [6.45, 7) is -0.252. The summed E-state index contributed by atoms with van der Waals surface area (Å²) in [7, 11) is 0. The molecule has 1 aliphatic rings. The standard InChI is InChI=1S/C15H25F2N3O8/c1-6(14(26)27)20-11(23)4-19-13(25)7(18)3-15(16,17)10-2-8(22)12(24)9(5-21)28-10/h6-10,12,21-22,24H,2-5,18H2,1H3,(H,19,25)(H,20,23)(H,26,27). The number of nitrogens with one attached hydrogen (secondary N) is 2. The number of ether oxygens (including phenoxy) is 1. The van der Waals surface area contributed by atoms with E-state index in [4.69, 9.17) is 20.7 Å². The maximum atomic E-state index is 14.4. The fraction of sp³-hybridized carbons (Fsp3) is 0.800. The van der Waals surface area contributed by atoms with Crippen molar-refractivity contribution in [1.29, 1.82) is 0 Å². The fourth-order valence-corrected chi connectivity index (χ4v) is 2.55.